The van der Waals surface area contributed by atoms with Crippen molar-refractivity contribution in [3.05, 3.63) is 29.8 Å². The van der Waals surface area contributed by atoms with Crippen LogP contribution in [0.15, 0.2) is 24.3 Å². The summed E-state index contributed by atoms with van der Waals surface area (Å²) >= 11 is 0. The minimum atomic E-state index is 0.0498. The van der Waals surface area contributed by atoms with Crippen LogP contribution in [0.25, 0.3) is 0 Å². The van der Waals surface area contributed by atoms with E-state index in [0.29, 0.717) is 19.6 Å². The van der Waals surface area contributed by atoms with Crippen LogP contribution in [-0.4, -0.2) is 19.6 Å². The molecule has 1 aromatic carbocycles. The molecule has 4 heteroatoms. The third-order valence-corrected chi connectivity index (χ3v) is 3.90. The van der Waals surface area contributed by atoms with Crippen LogP contribution in [0.3, 0.4) is 0 Å². The smallest absolute Gasteiger partial charge is 0.224 e. The van der Waals surface area contributed by atoms with E-state index in [-0.39, 0.29) is 11.3 Å². The van der Waals surface area contributed by atoms with Crippen molar-refractivity contribution >= 4 is 11.6 Å². The van der Waals surface area contributed by atoms with Gasteiger partial charge in [0.25, 0.3) is 0 Å². The Morgan fingerprint density at radius 3 is 2.84 bits per heavy atom. The van der Waals surface area contributed by atoms with E-state index < -0.39 is 0 Å². The largest absolute Gasteiger partial charge is 0.380 e. The number of methoxy groups -OCH3 is 1. The van der Waals surface area contributed by atoms with Gasteiger partial charge < -0.3 is 15.8 Å². The number of carbonyl (C=O) groups excluding carboxylic acids is 1. The lowest BCUT2D eigenvalue weighted by molar-refractivity contribution is -0.119. The Kier molecular flexibility index (Phi) is 4.56. The van der Waals surface area contributed by atoms with Gasteiger partial charge in [0.15, 0.2) is 0 Å². The van der Waals surface area contributed by atoms with Gasteiger partial charge in [0, 0.05) is 19.2 Å². The highest BCUT2D eigenvalue weighted by Gasteiger charge is 2.37. The molecule has 2 rings (SSSR count). The average molecular weight is 262 g/mol. The van der Waals surface area contributed by atoms with E-state index in [1.54, 1.807) is 7.11 Å². The van der Waals surface area contributed by atoms with Crippen LogP contribution in [0, 0.1) is 5.41 Å². The normalized spacial score (nSPS) is 16.7. The van der Waals surface area contributed by atoms with Gasteiger partial charge >= 0.3 is 0 Å². The lowest BCUT2D eigenvalue weighted by Gasteiger charge is -2.40. The molecule has 3 N–H and O–H groups in total. The van der Waals surface area contributed by atoms with Crippen LogP contribution in [0.5, 0.6) is 0 Å². The van der Waals surface area contributed by atoms with Crippen LogP contribution < -0.4 is 11.1 Å². The van der Waals surface area contributed by atoms with Gasteiger partial charge in [0.2, 0.25) is 5.91 Å². The average Bonchev–Trinajstić information content (AvgIpc) is 2.35. The molecule has 104 valence electrons. The monoisotopic (exact) mass is 262 g/mol. The number of nitrogens with two attached hydrogens (primary N) is 1. The first kappa shape index (κ1) is 14.0. The third-order valence-electron chi connectivity index (χ3n) is 3.90. The Bertz CT molecular complexity index is 436. The predicted molar refractivity (Wildman–Crippen MR) is 75.7 cm³/mol. The third kappa shape index (κ3) is 3.55. The molecule has 0 heterocycles. The molecule has 0 saturated heterocycles. The van der Waals surface area contributed by atoms with Gasteiger partial charge in [-0.3, -0.25) is 4.79 Å². The zero-order valence-electron chi connectivity index (χ0n) is 11.4. The Balaban J connectivity index is 1.93. The number of hydrogen-bond donors (Lipinski definition) is 2. The number of anilines is 1. The molecule has 1 amide bonds. The van der Waals surface area contributed by atoms with Crippen molar-refractivity contribution in [3.63, 3.8) is 0 Å². The fourth-order valence-electron chi connectivity index (χ4n) is 2.58. The zero-order chi connectivity index (χ0) is 13.7. The van der Waals surface area contributed by atoms with Crippen molar-refractivity contribution < 1.29 is 9.53 Å². The molecular formula is C15H22N2O2. The first-order chi connectivity index (χ1) is 9.17. The summed E-state index contributed by atoms with van der Waals surface area (Å²) in [5.74, 6) is 0.0553. The maximum absolute atomic E-state index is 12.1. The van der Waals surface area contributed by atoms with Gasteiger partial charge in [-0.05, 0) is 42.5 Å². The molecular weight excluding hydrogens is 240 g/mol. The predicted octanol–water partition coefficient (Wildman–Crippen LogP) is 2.29. The second-order valence-corrected chi connectivity index (χ2v) is 5.42. The summed E-state index contributed by atoms with van der Waals surface area (Å²) in [4.78, 5) is 12.1. The number of hydrogen-bond acceptors (Lipinski definition) is 3. The molecule has 0 aliphatic heterocycles. The van der Waals surface area contributed by atoms with Crippen LogP contribution in [0.4, 0.5) is 5.69 Å². The quantitative estimate of drug-likeness (QED) is 0.826. The number of amides is 1. The number of rotatable bonds is 6. The van der Waals surface area contributed by atoms with E-state index in [4.69, 9.17) is 10.5 Å². The summed E-state index contributed by atoms with van der Waals surface area (Å²) in [6.45, 7) is 1.15. The summed E-state index contributed by atoms with van der Waals surface area (Å²) < 4.78 is 5.08. The Morgan fingerprint density at radius 1 is 1.47 bits per heavy atom. The summed E-state index contributed by atoms with van der Waals surface area (Å²) in [7, 11) is 1.66. The van der Waals surface area contributed by atoms with Crippen molar-refractivity contribution in [2.75, 3.05) is 19.0 Å². The highest BCUT2D eigenvalue weighted by molar-refractivity contribution is 5.91. The van der Waals surface area contributed by atoms with Crippen molar-refractivity contribution in [2.45, 2.75) is 32.3 Å². The van der Waals surface area contributed by atoms with Gasteiger partial charge in [0.05, 0.1) is 6.61 Å². The van der Waals surface area contributed by atoms with Gasteiger partial charge in [-0.1, -0.05) is 18.6 Å². The second kappa shape index (κ2) is 6.17. The zero-order valence-corrected chi connectivity index (χ0v) is 11.4. The molecule has 0 spiro atoms. The van der Waals surface area contributed by atoms with E-state index in [9.17, 15) is 4.79 Å². The number of ether oxygens (including phenoxy) is 1. The summed E-state index contributed by atoms with van der Waals surface area (Å²) in [6.07, 6.45) is 3.85. The first-order valence-corrected chi connectivity index (χ1v) is 6.75. The van der Waals surface area contributed by atoms with E-state index in [0.717, 1.165) is 24.1 Å². The van der Waals surface area contributed by atoms with Crippen molar-refractivity contribution in [1.82, 2.24) is 0 Å². The molecule has 1 aliphatic rings. The van der Waals surface area contributed by atoms with Crippen LogP contribution in [-0.2, 0) is 16.1 Å². The summed E-state index contributed by atoms with van der Waals surface area (Å²) in [6, 6.07) is 7.74. The highest BCUT2D eigenvalue weighted by Crippen LogP contribution is 2.43. The van der Waals surface area contributed by atoms with Gasteiger partial charge in [0.1, 0.15) is 0 Å². The van der Waals surface area contributed by atoms with Crippen LogP contribution in [0.2, 0.25) is 0 Å². The highest BCUT2D eigenvalue weighted by atomic mass is 16.5. The van der Waals surface area contributed by atoms with Crippen molar-refractivity contribution in [1.29, 1.82) is 0 Å². The fraction of sp³-hybridized carbons (Fsp3) is 0.533. The fourth-order valence-corrected chi connectivity index (χ4v) is 2.58. The molecule has 1 aromatic rings. The van der Waals surface area contributed by atoms with Crippen LogP contribution in [0.1, 0.15) is 31.2 Å². The van der Waals surface area contributed by atoms with Crippen molar-refractivity contribution in [2.24, 2.45) is 11.1 Å². The van der Waals surface area contributed by atoms with Gasteiger partial charge in [-0.15, -0.1) is 0 Å². The second-order valence-electron chi connectivity index (χ2n) is 5.42. The molecule has 0 unspecified atom stereocenters. The minimum absolute atomic E-state index is 0.0498. The Morgan fingerprint density at radius 2 is 2.26 bits per heavy atom. The topological polar surface area (TPSA) is 64.3 Å². The number of benzene rings is 1. The van der Waals surface area contributed by atoms with Crippen LogP contribution >= 0.6 is 0 Å². The lowest BCUT2D eigenvalue weighted by Crippen LogP contribution is -2.40. The molecule has 1 fully saturated rings. The summed E-state index contributed by atoms with van der Waals surface area (Å²) in [5, 5.41) is 2.95. The number of carbonyl (C=O) groups is 1. The molecule has 0 aromatic heterocycles. The van der Waals surface area contributed by atoms with E-state index in [1.165, 1.54) is 6.42 Å². The molecule has 0 bridgehead atoms. The van der Waals surface area contributed by atoms with Gasteiger partial charge in [-0.25, -0.2) is 0 Å². The maximum atomic E-state index is 12.1. The molecule has 0 radical (unpaired) electrons. The Labute approximate surface area is 114 Å². The SMILES string of the molecule is COCc1cccc(NC(=O)CC2(CN)CCC2)c1. The molecule has 0 atom stereocenters. The van der Waals surface area contributed by atoms with E-state index >= 15 is 0 Å². The van der Waals surface area contributed by atoms with Gasteiger partial charge in [-0.2, -0.15) is 0 Å². The number of nitrogens with one attached hydrogen (secondary N) is 1. The van der Waals surface area contributed by atoms with E-state index in [1.807, 2.05) is 24.3 Å². The van der Waals surface area contributed by atoms with E-state index in [2.05, 4.69) is 5.32 Å². The lowest BCUT2D eigenvalue weighted by atomic mass is 9.66. The maximum Gasteiger partial charge on any atom is 0.224 e. The standard InChI is InChI=1S/C15H22N2O2/c1-19-10-12-4-2-5-13(8-12)17-14(18)9-15(11-16)6-3-7-15/h2,4-5,8H,3,6-7,9-11,16H2,1H3,(H,17,18). The Hall–Kier alpha value is -1.39. The minimum Gasteiger partial charge on any atom is -0.380 e. The molecule has 19 heavy (non-hydrogen) atoms. The molecule has 1 aliphatic carbocycles. The first-order valence-electron chi connectivity index (χ1n) is 6.75. The molecule has 4 nitrogen and oxygen atoms in total. The van der Waals surface area contributed by atoms with Crippen molar-refractivity contribution in [3.8, 4) is 0 Å². The summed E-state index contributed by atoms with van der Waals surface area (Å²) in [5.41, 5.74) is 7.71. The molecule has 1 saturated carbocycles.